The van der Waals surface area contributed by atoms with Gasteiger partial charge in [-0.05, 0) is 61.6 Å². The van der Waals surface area contributed by atoms with Gasteiger partial charge in [0, 0.05) is 5.69 Å². The van der Waals surface area contributed by atoms with Crippen molar-refractivity contribution < 1.29 is 13.2 Å². The summed E-state index contributed by atoms with van der Waals surface area (Å²) < 4.78 is 26.0. The van der Waals surface area contributed by atoms with E-state index in [4.69, 9.17) is 0 Å². The first-order valence-corrected chi connectivity index (χ1v) is 10.4. The third-order valence-electron chi connectivity index (χ3n) is 4.14. The zero-order valence-electron chi connectivity index (χ0n) is 16.0. The number of anilines is 2. The second kappa shape index (κ2) is 7.91. The molecule has 0 aliphatic rings. The Labute approximate surface area is 156 Å². The lowest BCUT2D eigenvalue weighted by molar-refractivity contribution is -0.114. The molecule has 0 heterocycles. The lowest BCUT2D eigenvalue weighted by Crippen LogP contribution is -2.38. The quantitative estimate of drug-likeness (QED) is 0.840. The Bertz CT molecular complexity index is 900. The molecule has 2 aromatic carbocycles. The molecule has 0 bridgehead atoms. The zero-order chi connectivity index (χ0) is 19.5. The van der Waals surface area contributed by atoms with Crippen LogP contribution in [0.4, 0.5) is 11.4 Å². The molecular weight excluding hydrogens is 348 g/mol. The average molecular weight is 375 g/mol. The molecule has 5 nitrogen and oxygen atoms in total. The number of nitrogens with zero attached hydrogens (tertiary/aromatic N) is 1. The first-order chi connectivity index (χ1) is 12.1. The number of rotatable bonds is 6. The molecule has 2 aromatic rings. The summed E-state index contributed by atoms with van der Waals surface area (Å²) in [7, 11) is -3.60. The molecule has 26 heavy (non-hydrogen) atoms. The average Bonchev–Trinajstić information content (AvgIpc) is 2.50. The Morgan fingerprint density at radius 3 is 2.23 bits per heavy atom. The molecule has 0 radical (unpaired) electrons. The molecule has 0 aliphatic heterocycles. The van der Waals surface area contributed by atoms with Gasteiger partial charge in [-0.15, -0.1) is 0 Å². The highest BCUT2D eigenvalue weighted by atomic mass is 32.2. The van der Waals surface area contributed by atoms with E-state index >= 15 is 0 Å². The van der Waals surface area contributed by atoms with Crippen molar-refractivity contribution in [3.8, 4) is 0 Å². The molecule has 0 atom stereocenters. The normalized spacial score (nSPS) is 11.3. The number of nitrogens with one attached hydrogen (secondary N) is 1. The fraction of sp³-hybridized carbons (Fsp3) is 0.350. The molecule has 0 aromatic heterocycles. The van der Waals surface area contributed by atoms with Crippen molar-refractivity contribution in [2.75, 3.05) is 22.4 Å². The Hall–Kier alpha value is -2.34. The zero-order valence-corrected chi connectivity index (χ0v) is 16.8. The smallest absolute Gasteiger partial charge is 0.245 e. The second-order valence-electron chi connectivity index (χ2n) is 6.63. The van der Waals surface area contributed by atoms with Gasteiger partial charge in [0.1, 0.15) is 6.54 Å². The van der Waals surface area contributed by atoms with Crippen LogP contribution in [0.5, 0.6) is 0 Å². The van der Waals surface area contributed by atoms with Gasteiger partial charge in [-0.25, -0.2) is 8.42 Å². The number of carbonyl (C=O) groups is 1. The third kappa shape index (κ3) is 4.85. The standard InChI is InChI=1S/C20H26N2O3S/c1-6-17-9-7-8-16(4)20(17)22(26(5,24)25)13-19(23)21-18-11-14(2)10-15(3)12-18/h7-12H,6,13H2,1-5H3,(H,21,23). The SMILES string of the molecule is CCc1cccc(C)c1N(CC(=O)Nc1cc(C)cc(C)c1)S(C)(=O)=O. The molecule has 1 N–H and O–H groups in total. The summed E-state index contributed by atoms with van der Waals surface area (Å²) in [5, 5.41) is 2.81. The van der Waals surface area contributed by atoms with Gasteiger partial charge in [-0.1, -0.05) is 31.2 Å². The van der Waals surface area contributed by atoms with Crippen molar-refractivity contribution in [1.82, 2.24) is 0 Å². The molecule has 6 heteroatoms. The van der Waals surface area contributed by atoms with Gasteiger partial charge in [0.25, 0.3) is 0 Å². The Kier molecular flexibility index (Phi) is 6.08. The van der Waals surface area contributed by atoms with E-state index in [2.05, 4.69) is 5.32 Å². The number of amides is 1. The van der Waals surface area contributed by atoms with Crippen LogP contribution in [0.25, 0.3) is 0 Å². The second-order valence-corrected chi connectivity index (χ2v) is 8.54. The van der Waals surface area contributed by atoms with Crippen molar-refractivity contribution in [2.24, 2.45) is 0 Å². The lowest BCUT2D eigenvalue weighted by atomic mass is 10.1. The van der Waals surface area contributed by atoms with E-state index in [1.54, 1.807) is 0 Å². The molecule has 0 fully saturated rings. The van der Waals surface area contributed by atoms with Gasteiger partial charge in [0.2, 0.25) is 15.9 Å². The van der Waals surface area contributed by atoms with E-state index in [9.17, 15) is 13.2 Å². The maximum Gasteiger partial charge on any atom is 0.245 e. The monoisotopic (exact) mass is 374 g/mol. The minimum atomic E-state index is -3.60. The number of benzene rings is 2. The fourth-order valence-electron chi connectivity index (χ4n) is 3.10. The Morgan fingerprint density at radius 1 is 1.08 bits per heavy atom. The first kappa shape index (κ1) is 20.0. The summed E-state index contributed by atoms with van der Waals surface area (Å²) in [4.78, 5) is 12.6. The summed E-state index contributed by atoms with van der Waals surface area (Å²) in [5.74, 6) is -0.370. The van der Waals surface area contributed by atoms with Crippen molar-refractivity contribution in [3.05, 3.63) is 58.7 Å². The van der Waals surface area contributed by atoms with E-state index in [1.807, 2.05) is 64.1 Å². The minimum Gasteiger partial charge on any atom is -0.324 e. The van der Waals surface area contributed by atoms with Crippen molar-refractivity contribution >= 4 is 27.3 Å². The number of hydrogen-bond donors (Lipinski definition) is 1. The number of sulfonamides is 1. The van der Waals surface area contributed by atoms with Crippen molar-refractivity contribution in [3.63, 3.8) is 0 Å². The highest BCUT2D eigenvalue weighted by Crippen LogP contribution is 2.28. The van der Waals surface area contributed by atoms with Crippen LogP contribution in [-0.4, -0.2) is 27.1 Å². The maximum atomic E-state index is 12.6. The van der Waals surface area contributed by atoms with Crippen LogP contribution in [0, 0.1) is 20.8 Å². The first-order valence-electron chi connectivity index (χ1n) is 8.56. The van der Waals surface area contributed by atoms with Gasteiger partial charge in [0.05, 0.1) is 11.9 Å². The molecule has 0 saturated carbocycles. The van der Waals surface area contributed by atoms with Gasteiger partial charge in [-0.3, -0.25) is 9.10 Å². The minimum absolute atomic E-state index is 0.260. The summed E-state index contributed by atoms with van der Waals surface area (Å²) in [5.41, 5.74) is 5.05. The van der Waals surface area contributed by atoms with E-state index in [-0.39, 0.29) is 12.5 Å². The van der Waals surface area contributed by atoms with Crippen LogP contribution < -0.4 is 9.62 Å². The van der Waals surface area contributed by atoms with Crippen molar-refractivity contribution in [1.29, 1.82) is 0 Å². The highest BCUT2D eigenvalue weighted by molar-refractivity contribution is 7.92. The molecule has 140 valence electrons. The van der Waals surface area contributed by atoms with Crippen LogP contribution in [-0.2, 0) is 21.2 Å². The third-order valence-corrected chi connectivity index (χ3v) is 5.26. The maximum absolute atomic E-state index is 12.6. The topological polar surface area (TPSA) is 66.5 Å². The highest BCUT2D eigenvalue weighted by Gasteiger charge is 2.24. The lowest BCUT2D eigenvalue weighted by Gasteiger charge is -2.26. The number of hydrogen-bond acceptors (Lipinski definition) is 3. The van der Waals surface area contributed by atoms with Gasteiger partial charge >= 0.3 is 0 Å². The summed E-state index contributed by atoms with van der Waals surface area (Å²) >= 11 is 0. The van der Waals surface area contributed by atoms with Crippen LogP contribution in [0.1, 0.15) is 29.2 Å². The number of aryl methyl sites for hydroxylation is 4. The van der Waals surface area contributed by atoms with E-state index in [0.29, 0.717) is 17.8 Å². The largest absolute Gasteiger partial charge is 0.324 e. The van der Waals surface area contributed by atoms with Gasteiger partial charge in [0.15, 0.2) is 0 Å². The van der Waals surface area contributed by atoms with E-state index in [0.717, 1.165) is 28.5 Å². The van der Waals surface area contributed by atoms with E-state index in [1.165, 1.54) is 4.31 Å². The Balaban J connectivity index is 2.34. The van der Waals surface area contributed by atoms with Crippen molar-refractivity contribution in [2.45, 2.75) is 34.1 Å². The van der Waals surface area contributed by atoms with Gasteiger partial charge < -0.3 is 5.32 Å². The van der Waals surface area contributed by atoms with Crippen LogP contribution in [0.3, 0.4) is 0 Å². The predicted octanol–water partition coefficient (Wildman–Crippen LogP) is 3.58. The number of para-hydroxylation sites is 1. The van der Waals surface area contributed by atoms with Gasteiger partial charge in [-0.2, -0.15) is 0 Å². The molecule has 1 amide bonds. The molecule has 0 spiro atoms. The fourth-order valence-corrected chi connectivity index (χ4v) is 4.05. The summed E-state index contributed by atoms with van der Waals surface area (Å²) in [6, 6.07) is 11.4. The molecule has 2 rings (SSSR count). The molecule has 0 saturated heterocycles. The van der Waals surface area contributed by atoms with Crippen LogP contribution in [0.2, 0.25) is 0 Å². The molecular formula is C20H26N2O3S. The van der Waals surface area contributed by atoms with Crippen LogP contribution in [0.15, 0.2) is 36.4 Å². The van der Waals surface area contributed by atoms with Crippen LogP contribution >= 0.6 is 0 Å². The summed E-state index contributed by atoms with van der Waals surface area (Å²) in [6.45, 7) is 7.46. The molecule has 0 unspecified atom stereocenters. The molecule has 0 aliphatic carbocycles. The summed E-state index contributed by atoms with van der Waals surface area (Å²) in [6.07, 6.45) is 1.81. The van der Waals surface area contributed by atoms with E-state index < -0.39 is 10.0 Å². The predicted molar refractivity (Wildman–Crippen MR) is 107 cm³/mol. The number of carbonyl (C=O) groups excluding carboxylic acids is 1. The Morgan fingerprint density at radius 2 is 1.69 bits per heavy atom.